The normalized spacial score (nSPS) is 11.1. The van der Waals surface area contributed by atoms with Crippen molar-refractivity contribution in [1.82, 2.24) is 0 Å². The van der Waals surface area contributed by atoms with Gasteiger partial charge >= 0.3 is 0 Å². The summed E-state index contributed by atoms with van der Waals surface area (Å²) in [5.41, 5.74) is 4.56. The van der Waals surface area contributed by atoms with Gasteiger partial charge < -0.3 is 0 Å². The Morgan fingerprint density at radius 1 is 1.11 bits per heavy atom. The molecule has 0 bridgehead atoms. The first-order valence-corrected chi connectivity index (χ1v) is 6.25. The molecule has 0 aliphatic heterocycles. The number of nitrogens with one attached hydrogen (secondary N) is 1. The molecule has 0 spiro atoms. The fraction of sp³-hybridized carbons (Fsp3) is 0. The summed E-state index contributed by atoms with van der Waals surface area (Å²) in [5.74, 6) is 0. The van der Waals surface area contributed by atoms with Crippen molar-refractivity contribution >= 4 is 31.9 Å². The average Bonchev–Trinajstić information content (AvgIpc) is 2.46. The van der Waals surface area contributed by atoms with Gasteiger partial charge in [0, 0.05) is 17.7 Å². The highest BCUT2D eigenvalue weighted by atomic mass is 79.9. The Balaban J connectivity index is 2.10. The standard InChI is InChI=1S/C13H10BrN3O2/c14-13(16-15-11-4-2-1-3-5-11)10-6-8-12(9-7-10)17(18)19/h1-9,15H/b16-13-. The minimum atomic E-state index is -0.433. The molecule has 1 N–H and O–H groups in total. The molecule has 2 rings (SSSR count). The van der Waals surface area contributed by atoms with Gasteiger partial charge in [0.15, 0.2) is 0 Å². The molecule has 0 aliphatic rings. The zero-order valence-electron chi connectivity index (χ0n) is 9.79. The van der Waals surface area contributed by atoms with E-state index in [1.54, 1.807) is 12.1 Å². The van der Waals surface area contributed by atoms with Gasteiger partial charge in [-0.15, -0.1) is 0 Å². The number of hydrogen-bond acceptors (Lipinski definition) is 4. The Morgan fingerprint density at radius 2 is 1.74 bits per heavy atom. The van der Waals surface area contributed by atoms with E-state index in [1.165, 1.54) is 12.1 Å². The van der Waals surface area contributed by atoms with Gasteiger partial charge in [-0.1, -0.05) is 18.2 Å². The molecule has 96 valence electrons. The highest BCUT2D eigenvalue weighted by Crippen LogP contribution is 2.15. The summed E-state index contributed by atoms with van der Waals surface area (Å²) in [6, 6.07) is 15.6. The largest absolute Gasteiger partial charge is 0.277 e. The van der Waals surface area contributed by atoms with Crippen molar-refractivity contribution in [1.29, 1.82) is 0 Å². The topological polar surface area (TPSA) is 67.5 Å². The highest BCUT2D eigenvalue weighted by Gasteiger charge is 2.06. The fourth-order valence-electron chi connectivity index (χ4n) is 1.41. The van der Waals surface area contributed by atoms with Crippen molar-refractivity contribution in [3.8, 4) is 0 Å². The maximum atomic E-state index is 10.5. The summed E-state index contributed by atoms with van der Waals surface area (Å²) in [5, 5.41) is 14.7. The van der Waals surface area contributed by atoms with Gasteiger partial charge in [0.2, 0.25) is 0 Å². The summed E-state index contributed by atoms with van der Waals surface area (Å²) in [6.45, 7) is 0. The van der Waals surface area contributed by atoms with Crippen LogP contribution < -0.4 is 5.43 Å². The Bertz CT molecular complexity index is 597. The zero-order chi connectivity index (χ0) is 13.7. The first-order chi connectivity index (χ1) is 9.16. The van der Waals surface area contributed by atoms with E-state index >= 15 is 0 Å². The van der Waals surface area contributed by atoms with Gasteiger partial charge in [-0.25, -0.2) is 0 Å². The lowest BCUT2D eigenvalue weighted by atomic mass is 10.2. The van der Waals surface area contributed by atoms with E-state index in [1.807, 2.05) is 30.3 Å². The second-order valence-electron chi connectivity index (χ2n) is 3.68. The molecule has 5 nitrogen and oxygen atoms in total. The minimum absolute atomic E-state index is 0.0556. The molecule has 0 heterocycles. The molecular formula is C13H10BrN3O2. The van der Waals surface area contributed by atoms with Crippen LogP contribution >= 0.6 is 15.9 Å². The van der Waals surface area contributed by atoms with Crippen LogP contribution in [0.5, 0.6) is 0 Å². The molecule has 0 atom stereocenters. The fourth-order valence-corrected chi connectivity index (χ4v) is 1.76. The first kappa shape index (κ1) is 13.2. The smallest absolute Gasteiger partial charge is 0.269 e. The molecular weight excluding hydrogens is 310 g/mol. The molecule has 2 aromatic rings. The molecule has 0 saturated heterocycles. The molecule has 0 saturated carbocycles. The average molecular weight is 320 g/mol. The van der Waals surface area contributed by atoms with Crippen LogP contribution in [0.3, 0.4) is 0 Å². The van der Waals surface area contributed by atoms with Crippen molar-refractivity contribution < 1.29 is 4.92 Å². The highest BCUT2D eigenvalue weighted by molar-refractivity contribution is 9.18. The van der Waals surface area contributed by atoms with Crippen LogP contribution in [0.15, 0.2) is 59.7 Å². The zero-order valence-corrected chi connectivity index (χ0v) is 11.4. The van der Waals surface area contributed by atoms with Crippen molar-refractivity contribution in [2.24, 2.45) is 5.10 Å². The number of nitro groups is 1. The maximum absolute atomic E-state index is 10.5. The quantitative estimate of drug-likeness (QED) is 0.530. The summed E-state index contributed by atoms with van der Waals surface area (Å²) < 4.78 is 0.575. The lowest BCUT2D eigenvalue weighted by Crippen LogP contribution is -1.97. The molecule has 6 heteroatoms. The van der Waals surface area contributed by atoms with E-state index in [2.05, 4.69) is 26.5 Å². The van der Waals surface area contributed by atoms with E-state index in [4.69, 9.17) is 0 Å². The molecule has 19 heavy (non-hydrogen) atoms. The van der Waals surface area contributed by atoms with Gasteiger partial charge in [-0.3, -0.25) is 15.5 Å². The number of non-ortho nitro benzene ring substituents is 1. The Hall–Kier alpha value is -2.21. The SMILES string of the molecule is O=[N+]([O-])c1ccc(/C(Br)=N/Nc2ccccc2)cc1. The van der Waals surface area contributed by atoms with Crippen LogP contribution in [0.1, 0.15) is 5.56 Å². The number of nitrogens with zero attached hydrogens (tertiary/aromatic N) is 2. The van der Waals surface area contributed by atoms with Crippen LogP contribution in [-0.2, 0) is 0 Å². The Kier molecular flexibility index (Phi) is 4.25. The lowest BCUT2D eigenvalue weighted by molar-refractivity contribution is -0.384. The molecule has 0 radical (unpaired) electrons. The third kappa shape index (κ3) is 3.62. The number of hydrazone groups is 1. The van der Waals surface area contributed by atoms with Crippen LogP contribution in [0.25, 0.3) is 0 Å². The second-order valence-corrected chi connectivity index (χ2v) is 4.44. The van der Waals surface area contributed by atoms with Crippen molar-refractivity contribution in [3.63, 3.8) is 0 Å². The van der Waals surface area contributed by atoms with Crippen molar-refractivity contribution in [2.75, 3.05) is 5.43 Å². The van der Waals surface area contributed by atoms with Gasteiger partial charge in [-0.05, 0) is 40.2 Å². The van der Waals surface area contributed by atoms with Gasteiger partial charge in [0.25, 0.3) is 5.69 Å². The van der Waals surface area contributed by atoms with E-state index < -0.39 is 4.92 Å². The number of nitro benzene ring substituents is 1. The molecule has 0 unspecified atom stereocenters. The Morgan fingerprint density at radius 3 is 2.32 bits per heavy atom. The summed E-state index contributed by atoms with van der Waals surface area (Å²) in [4.78, 5) is 10.1. The number of halogens is 1. The third-order valence-corrected chi connectivity index (χ3v) is 3.01. The summed E-state index contributed by atoms with van der Waals surface area (Å²) in [7, 11) is 0. The van der Waals surface area contributed by atoms with E-state index in [0.717, 1.165) is 11.3 Å². The van der Waals surface area contributed by atoms with Crippen LogP contribution in [0, 0.1) is 10.1 Å². The van der Waals surface area contributed by atoms with E-state index in [9.17, 15) is 10.1 Å². The number of hydrogen-bond donors (Lipinski definition) is 1. The number of benzene rings is 2. The number of anilines is 1. The van der Waals surface area contributed by atoms with Crippen LogP contribution in [0.2, 0.25) is 0 Å². The minimum Gasteiger partial charge on any atom is -0.277 e. The Labute approximate surface area is 118 Å². The predicted molar refractivity (Wildman–Crippen MR) is 78.6 cm³/mol. The monoisotopic (exact) mass is 319 g/mol. The van der Waals surface area contributed by atoms with Gasteiger partial charge in [-0.2, -0.15) is 5.10 Å². The van der Waals surface area contributed by atoms with Gasteiger partial charge in [0.05, 0.1) is 10.6 Å². The van der Waals surface area contributed by atoms with Crippen LogP contribution in [0.4, 0.5) is 11.4 Å². The summed E-state index contributed by atoms with van der Waals surface area (Å²) in [6.07, 6.45) is 0. The molecule has 2 aromatic carbocycles. The first-order valence-electron chi connectivity index (χ1n) is 5.46. The summed E-state index contributed by atoms with van der Waals surface area (Å²) >= 11 is 3.32. The molecule has 0 aromatic heterocycles. The van der Waals surface area contributed by atoms with Crippen molar-refractivity contribution in [3.05, 3.63) is 70.3 Å². The second kappa shape index (κ2) is 6.10. The molecule has 0 amide bonds. The lowest BCUT2D eigenvalue weighted by Gasteiger charge is -2.02. The van der Waals surface area contributed by atoms with Crippen LogP contribution in [-0.4, -0.2) is 9.54 Å². The number of rotatable bonds is 4. The van der Waals surface area contributed by atoms with Gasteiger partial charge in [0.1, 0.15) is 4.62 Å². The molecule has 0 aliphatic carbocycles. The van der Waals surface area contributed by atoms with Crippen molar-refractivity contribution in [2.45, 2.75) is 0 Å². The molecule has 0 fully saturated rings. The number of para-hydroxylation sites is 1. The predicted octanol–water partition coefficient (Wildman–Crippen LogP) is 3.76. The van der Waals surface area contributed by atoms with E-state index in [-0.39, 0.29) is 5.69 Å². The third-order valence-electron chi connectivity index (χ3n) is 2.37. The van der Waals surface area contributed by atoms with E-state index in [0.29, 0.717) is 4.62 Å². The maximum Gasteiger partial charge on any atom is 0.269 e.